The number of aromatic nitrogens is 2. The van der Waals surface area contributed by atoms with E-state index in [-0.39, 0.29) is 6.10 Å². The number of ether oxygens (including phenoxy) is 1. The molecule has 1 heterocycles. The molecule has 1 rings (SSSR count). The lowest BCUT2D eigenvalue weighted by Crippen LogP contribution is -2.03. The first-order chi connectivity index (χ1) is 5.77. The second-order valence-corrected chi connectivity index (χ2v) is 2.68. The van der Waals surface area contributed by atoms with Crippen LogP contribution in [-0.2, 0) is 10.6 Å². The molecular formula is C8H11ClN2O. The Balaban J connectivity index is 2.86. The maximum atomic E-state index is 5.62. The van der Waals surface area contributed by atoms with E-state index in [1.165, 1.54) is 0 Å². The van der Waals surface area contributed by atoms with Crippen LogP contribution >= 0.6 is 11.6 Å². The predicted octanol–water partition coefficient (Wildman–Crippen LogP) is 1.92. The minimum atomic E-state index is -0.0758. The maximum absolute atomic E-state index is 5.62. The van der Waals surface area contributed by atoms with Crippen LogP contribution in [0.5, 0.6) is 0 Å². The molecule has 12 heavy (non-hydrogen) atoms. The summed E-state index contributed by atoms with van der Waals surface area (Å²) in [5.74, 6) is 1.09. The summed E-state index contributed by atoms with van der Waals surface area (Å²) in [6.45, 7) is 1.90. The van der Waals surface area contributed by atoms with Gasteiger partial charge in [0.15, 0.2) is 5.82 Å². The van der Waals surface area contributed by atoms with Crippen LogP contribution < -0.4 is 0 Å². The van der Waals surface area contributed by atoms with E-state index in [0.29, 0.717) is 11.7 Å². The average molecular weight is 187 g/mol. The molecule has 0 saturated heterocycles. The third kappa shape index (κ3) is 2.16. The van der Waals surface area contributed by atoms with Crippen molar-refractivity contribution in [3.05, 3.63) is 23.8 Å². The van der Waals surface area contributed by atoms with Gasteiger partial charge in [-0.1, -0.05) is 0 Å². The van der Waals surface area contributed by atoms with Crippen LogP contribution in [0.25, 0.3) is 0 Å². The average Bonchev–Trinajstić information content (AvgIpc) is 2.17. The zero-order valence-corrected chi connectivity index (χ0v) is 7.88. The lowest BCUT2D eigenvalue weighted by atomic mass is 10.3. The fraction of sp³-hybridized carbons (Fsp3) is 0.500. The van der Waals surface area contributed by atoms with E-state index in [0.717, 1.165) is 5.69 Å². The van der Waals surface area contributed by atoms with E-state index in [9.17, 15) is 0 Å². The monoisotopic (exact) mass is 186 g/mol. The van der Waals surface area contributed by atoms with E-state index in [1.807, 2.05) is 6.92 Å². The number of hydrogen-bond donors (Lipinski definition) is 0. The van der Waals surface area contributed by atoms with E-state index < -0.39 is 0 Å². The van der Waals surface area contributed by atoms with Crippen LogP contribution in [0.3, 0.4) is 0 Å². The first kappa shape index (κ1) is 9.42. The highest BCUT2D eigenvalue weighted by Crippen LogP contribution is 2.10. The summed E-state index contributed by atoms with van der Waals surface area (Å²) < 4.78 is 5.07. The summed E-state index contributed by atoms with van der Waals surface area (Å²) in [7, 11) is 1.63. The van der Waals surface area contributed by atoms with Crippen LogP contribution in [0.1, 0.15) is 24.5 Å². The number of nitrogens with zero attached hydrogens (tertiary/aromatic N) is 2. The third-order valence-electron chi connectivity index (χ3n) is 1.59. The molecule has 0 aliphatic rings. The van der Waals surface area contributed by atoms with Gasteiger partial charge >= 0.3 is 0 Å². The Bertz CT molecular complexity index is 255. The Hall–Kier alpha value is -0.670. The number of halogens is 1. The van der Waals surface area contributed by atoms with E-state index in [2.05, 4.69) is 9.97 Å². The van der Waals surface area contributed by atoms with Gasteiger partial charge in [0.2, 0.25) is 0 Å². The fourth-order valence-electron chi connectivity index (χ4n) is 0.789. The summed E-state index contributed by atoms with van der Waals surface area (Å²) in [6.07, 6.45) is 1.61. The number of alkyl halides is 1. The van der Waals surface area contributed by atoms with Crippen molar-refractivity contribution in [1.82, 2.24) is 9.97 Å². The van der Waals surface area contributed by atoms with Gasteiger partial charge in [-0.15, -0.1) is 11.6 Å². The molecule has 0 spiro atoms. The highest BCUT2D eigenvalue weighted by Gasteiger charge is 2.06. The van der Waals surface area contributed by atoms with Crippen LogP contribution in [0.15, 0.2) is 12.3 Å². The lowest BCUT2D eigenvalue weighted by molar-refractivity contribution is 0.112. The number of hydrogen-bond acceptors (Lipinski definition) is 3. The van der Waals surface area contributed by atoms with Crippen molar-refractivity contribution >= 4 is 11.6 Å². The maximum Gasteiger partial charge on any atom is 0.157 e. The molecule has 0 aliphatic carbocycles. The molecule has 1 unspecified atom stereocenters. The van der Waals surface area contributed by atoms with Gasteiger partial charge in [0, 0.05) is 13.3 Å². The predicted molar refractivity (Wildman–Crippen MR) is 47.0 cm³/mol. The summed E-state index contributed by atoms with van der Waals surface area (Å²) in [6, 6.07) is 1.79. The van der Waals surface area contributed by atoms with Crippen LogP contribution in [0.2, 0.25) is 0 Å². The highest BCUT2D eigenvalue weighted by molar-refractivity contribution is 6.16. The van der Waals surface area contributed by atoms with Gasteiger partial charge in [-0.25, -0.2) is 9.97 Å². The van der Waals surface area contributed by atoms with Crippen molar-refractivity contribution in [2.24, 2.45) is 0 Å². The zero-order chi connectivity index (χ0) is 8.97. The van der Waals surface area contributed by atoms with Crippen molar-refractivity contribution < 1.29 is 4.74 Å². The molecule has 0 bridgehead atoms. The second-order valence-electron chi connectivity index (χ2n) is 2.42. The van der Waals surface area contributed by atoms with Crippen molar-refractivity contribution in [3.63, 3.8) is 0 Å². The molecule has 1 atom stereocenters. The number of rotatable bonds is 3. The lowest BCUT2D eigenvalue weighted by Gasteiger charge is -2.07. The van der Waals surface area contributed by atoms with Crippen LogP contribution in [0, 0.1) is 0 Å². The van der Waals surface area contributed by atoms with Crippen molar-refractivity contribution in [3.8, 4) is 0 Å². The fourth-order valence-corrected chi connectivity index (χ4v) is 0.937. The van der Waals surface area contributed by atoms with E-state index >= 15 is 0 Å². The number of methoxy groups -OCH3 is 1. The highest BCUT2D eigenvalue weighted by atomic mass is 35.5. The van der Waals surface area contributed by atoms with Crippen molar-refractivity contribution in [2.45, 2.75) is 18.9 Å². The Labute approximate surface area is 76.7 Å². The van der Waals surface area contributed by atoms with Gasteiger partial charge in [-0.3, -0.25) is 0 Å². The molecule has 0 N–H and O–H groups in total. The topological polar surface area (TPSA) is 35.0 Å². The summed E-state index contributed by atoms with van der Waals surface area (Å²) in [5, 5.41) is 0. The first-order valence-corrected chi connectivity index (χ1v) is 4.22. The molecule has 3 nitrogen and oxygen atoms in total. The molecule has 0 amide bonds. The smallest absolute Gasteiger partial charge is 0.157 e. The summed E-state index contributed by atoms with van der Waals surface area (Å²) >= 11 is 5.62. The second kappa shape index (κ2) is 4.38. The van der Waals surface area contributed by atoms with E-state index in [1.54, 1.807) is 19.4 Å². The molecule has 0 aromatic carbocycles. The molecule has 66 valence electrons. The summed E-state index contributed by atoms with van der Waals surface area (Å²) in [4.78, 5) is 8.26. The molecule has 0 aliphatic heterocycles. The first-order valence-electron chi connectivity index (χ1n) is 3.68. The van der Waals surface area contributed by atoms with Crippen LogP contribution in [-0.4, -0.2) is 17.1 Å². The van der Waals surface area contributed by atoms with Gasteiger partial charge in [-0.05, 0) is 13.0 Å². The largest absolute Gasteiger partial charge is 0.374 e. The van der Waals surface area contributed by atoms with Crippen molar-refractivity contribution in [1.29, 1.82) is 0 Å². The Kier molecular flexibility index (Phi) is 3.44. The molecule has 1 aromatic rings. The van der Waals surface area contributed by atoms with Gasteiger partial charge in [0.1, 0.15) is 6.10 Å². The molecule has 0 fully saturated rings. The molecule has 4 heteroatoms. The standard InChI is InChI=1S/C8H11ClN2O/c1-6(12-2)8-10-4-3-7(5-9)11-8/h3-4,6H,5H2,1-2H3. The van der Waals surface area contributed by atoms with Crippen molar-refractivity contribution in [2.75, 3.05) is 7.11 Å². The Morgan fingerprint density at radius 3 is 3.00 bits per heavy atom. The summed E-state index contributed by atoms with van der Waals surface area (Å²) in [5.41, 5.74) is 0.825. The Morgan fingerprint density at radius 2 is 2.42 bits per heavy atom. The van der Waals surface area contributed by atoms with Gasteiger partial charge in [0.25, 0.3) is 0 Å². The van der Waals surface area contributed by atoms with Crippen LogP contribution in [0.4, 0.5) is 0 Å². The normalized spacial score (nSPS) is 12.9. The molecule has 0 saturated carbocycles. The molecular weight excluding hydrogens is 176 g/mol. The molecule has 1 aromatic heterocycles. The SMILES string of the molecule is COC(C)c1nccc(CCl)n1. The quantitative estimate of drug-likeness (QED) is 0.677. The zero-order valence-electron chi connectivity index (χ0n) is 7.12. The van der Waals surface area contributed by atoms with Gasteiger partial charge in [-0.2, -0.15) is 0 Å². The minimum absolute atomic E-state index is 0.0758. The Morgan fingerprint density at radius 1 is 1.67 bits per heavy atom. The third-order valence-corrected chi connectivity index (χ3v) is 1.86. The van der Waals surface area contributed by atoms with Gasteiger partial charge in [0.05, 0.1) is 11.6 Å². The van der Waals surface area contributed by atoms with E-state index in [4.69, 9.17) is 16.3 Å². The van der Waals surface area contributed by atoms with Gasteiger partial charge < -0.3 is 4.74 Å². The molecule has 0 radical (unpaired) electrons. The minimum Gasteiger partial charge on any atom is -0.374 e.